The minimum Gasteiger partial charge on any atom is -0.349 e. The minimum atomic E-state index is -1.04. The van der Waals surface area contributed by atoms with Crippen LogP contribution < -0.4 is 10.6 Å². The average Bonchev–Trinajstić information content (AvgIpc) is 2.20. The lowest BCUT2D eigenvalue weighted by Gasteiger charge is -2.31. The zero-order chi connectivity index (χ0) is 13.8. The first-order chi connectivity index (χ1) is 8.26. The summed E-state index contributed by atoms with van der Waals surface area (Å²) in [6, 6.07) is -0.348. The quantitative estimate of drug-likeness (QED) is 0.748. The van der Waals surface area contributed by atoms with E-state index < -0.39 is 5.72 Å². The molecule has 0 bridgehead atoms. The van der Waals surface area contributed by atoms with Crippen molar-refractivity contribution < 1.29 is 14.3 Å². The molecule has 0 atom stereocenters. The molecule has 0 saturated carbocycles. The summed E-state index contributed by atoms with van der Waals surface area (Å²) in [6.45, 7) is 7.89. The van der Waals surface area contributed by atoms with Gasteiger partial charge < -0.3 is 15.4 Å². The lowest BCUT2D eigenvalue weighted by molar-refractivity contribution is -0.111. The van der Waals surface area contributed by atoms with E-state index in [0.29, 0.717) is 6.61 Å². The van der Waals surface area contributed by atoms with Crippen LogP contribution in [-0.4, -0.2) is 29.7 Å². The van der Waals surface area contributed by atoms with E-state index in [0.717, 1.165) is 0 Å². The Balaban J connectivity index is 2.76. The van der Waals surface area contributed by atoms with Crippen LogP contribution in [0, 0.1) is 0 Å². The molecule has 0 aromatic carbocycles. The van der Waals surface area contributed by atoms with Gasteiger partial charge in [-0.25, -0.2) is 4.79 Å². The molecule has 0 aliphatic heterocycles. The highest BCUT2D eigenvalue weighted by molar-refractivity contribution is 6.00. The molecular weight excluding hydrogens is 232 g/mol. The summed E-state index contributed by atoms with van der Waals surface area (Å²) < 4.78 is 5.51. The first-order valence-corrected chi connectivity index (χ1v) is 5.93. The molecule has 2 N–H and O–H groups in total. The van der Waals surface area contributed by atoms with Crippen molar-refractivity contribution in [3.63, 3.8) is 0 Å². The van der Waals surface area contributed by atoms with Crippen molar-refractivity contribution in [2.75, 3.05) is 6.61 Å². The van der Waals surface area contributed by atoms with E-state index in [-0.39, 0.29) is 17.4 Å². The maximum absolute atomic E-state index is 11.8. The van der Waals surface area contributed by atoms with Gasteiger partial charge in [-0.1, -0.05) is 0 Å². The number of allylic oxidation sites excluding steroid dienone is 2. The van der Waals surface area contributed by atoms with Crippen LogP contribution in [0.4, 0.5) is 4.79 Å². The molecule has 0 aromatic heterocycles. The first kappa shape index (κ1) is 14.4. The van der Waals surface area contributed by atoms with Crippen LogP contribution in [0.1, 0.15) is 27.7 Å². The molecule has 0 unspecified atom stereocenters. The Hall–Kier alpha value is -1.62. The second-order valence-electron chi connectivity index (χ2n) is 5.12. The number of hydrogen-bond donors (Lipinski definition) is 2. The summed E-state index contributed by atoms with van der Waals surface area (Å²) >= 11 is 0. The topological polar surface area (TPSA) is 67.4 Å². The third-order valence-electron chi connectivity index (χ3n) is 2.17. The Labute approximate surface area is 107 Å². The molecule has 0 spiro atoms. The van der Waals surface area contributed by atoms with E-state index in [4.69, 9.17) is 4.74 Å². The summed E-state index contributed by atoms with van der Waals surface area (Å²) in [4.78, 5) is 22.9. The highest BCUT2D eigenvalue weighted by Gasteiger charge is 2.30. The number of carbonyl (C=O) groups is 2. The Bertz CT molecular complexity index is 376. The Morgan fingerprint density at radius 2 is 1.89 bits per heavy atom. The smallest absolute Gasteiger partial charge is 0.317 e. The summed E-state index contributed by atoms with van der Waals surface area (Å²) in [7, 11) is 0. The van der Waals surface area contributed by atoms with Crippen LogP contribution in [-0.2, 0) is 9.53 Å². The van der Waals surface area contributed by atoms with Gasteiger partial charge in [0, 0.05) is 12.1 Å². The van der Waals surface area contributed by atoms with Gasteiger partial charge in [-0.15, -0.1) is 0 Å². The fourth-order valence-electron chi connectivity index (χ4n) is 1.53. The van der Waals surface area contributed by atoms with Crippen molar-refractivity contribution in [3.8, 4) is 0 Å². The molecule has 2 amide bonds. The Morgan fingerprint density at radius 1 is 1.33 bits per heavy atom. The van der Waals surface area contributed by atoms with Gasteiger partial charge in [0.1, 0.15) is 0 Å². The van der Waals surface area contributed by atoms with Crippen molar-refractivity contribution in [3.05, 3.63) is 24.3 Å². The lowest BCUT2D eigenvalue weighted by Crippen LogP contribution is -2.55. The molecule has 5 nitrogen and oxygen atoms in total. The van der Waals surface area contributed by atoms with Gasteiger partial charge >= 0.3 is 6.03 Å². The van der Waals surface area contributed by atoms with Crippen LogP contribution in [0.25, 0.3) is 0 Å². The van der Waals surface area contributed by atoms with Gasteiger partial charge in [0.25, 0.3) is 0 Å². The number of rotatable bonds is 3. The Kier molecular flexibility index (Phi) is 4.29. The number of hydrogen-bond acceptors (Lipinski definition) is 3. The summed E-state index contributed by atoms with van der Waals surface area (Å²) in [6.07, 6.45) is 5.85. The van der Waals surface area contributed by atoms with E-state index in [1.165, 1.54) is 12.2 Å². The monoisotopic (exact) mass is 252 g/mol. The third-order valence-corrected chi connectivity index (χ3v) is 2.17. The van der Waals surface area contributed by atoms with E-state index in [1.54, 1.807) is 12.2 Å². The van der Waals surface area contributed by atoms with Gasteiger partial charge in [-0.3, -0.25) is 4.79 Å². The normalized spacial score (nSPS) is 17.7. The van der Waals surface area contributed by atoms with E-state index in [2.05, 4.69) is 10.6 Å². The molecule has 1 aliphatic rings. The lowest BCUT2D eigenvalue weighted by atomic mass is 10.1. The van der Waals surface area contributed by atoms with Gasteiger partial charge in [-0.2, -0.15) is 0 Å². The van der Waals surface area contributed by atoms with Crippen LogP contribution >= 0.6 is 0 Å². The molecule has 1 rings (SSSR count). The molecule has 0 saturated heterocycles. The number of nitrogens with one attached hydrogen (secondary N) is 2. The summed E-state index contributed by atoms with van der Waals surface area (Å²) in [5.41, 5.74) is -1.38. The summed E-state index contributed by atoms with van der Waals surface area (Å²) in [5, 5.41) is 5.49. The fraction of sp³-hybridized carbons (Fsp3) is 0.538. The van der Waals surface area contributed by atoms with Crippen molar-refractivity contribution in [2.24, 2.45) is 0 Å². The second kappa shape index (κ2) is 5.35. The maximum atomic E-state index is 11.8. The predicted molar refractivity (Wildman–Crippen MR) is 69.1 cm³/mol. The molecule has 18 heavy (non-hydrogen) atoms. The molecule has 5 heteroatoms. The largest absolute Gasteiger partial charge is 0.349 e. The van der Waals surface area contributed by atoms with Crippen LogP contribution in [0.2, 0.25) is 0 Å². The first-order valence-electron chi connectivity index (χ1n) is 5.93. The van der Waals surface area contributed by atoms with Crippen LogP contribution in [0.3, 0.4) is 0 Å². The van der Waals surface area contributed by atoms with Crippen molar-refractivity contribution >= 4 is 11.8 Å². The van der Waals surface area contributed by atoms with Gasteiger partial charge in [0.05, 0.1) is 0 Å². The summed E-state index contributed by atoms with van der Waals surface area (Å²) in [5.74, 6) is -0.122. The minimum absolute atomic E-state index is 0.122. The van der Waals surface area contributed by atoms with Crippen molar-refractivity contribution in [1.82, 2.24) is 10.6 Å². The maximum Gasteiger partial charge on any atom is 0.317 e. The molecule has 0 radical (unpaired) electrons. The number of urea groups is 1. The zero-order valence-corrected chi connectivity index (χ0v) is 11.2. The van der Waals surface area contributed by atoms with Crippen molar-refractivity contribution in [2.45, 2.75) is 39.0 Å². The van der Waals surface area contributed by atoms with E-state index in [1.807, 2.05) is 27.7 Å². The number of ether oxygens (including phenoxy) is 1. The molecule has 1 aliphatic carbocycles. The third kappa shape index (κ3) is 4.33. The highest BCUT2D eigenvalue weighted by Crippen LogP contribution is 2.16. The average molecular weight is 252 g/mol. The molecule has 0 heterocycles. The van der Waals surface area contributed by atoms with Crippen LogP contribution in [0.5, 0.6) is 0 Å². The molecule has 0 aromatic rings. The fourth-order valence-corrected chi connectivity index (χ4v) is 1.53. The van der Waals surface area contributed by atoms with E-state index in [9.17, 15) is 9.59 Å². The zero-order valence-electron chi connectivity index (χ0n) is 11.2. The molecule has 100 valence electrons. The van der Waals surface area contributed by atoms with E-state index >= 15 is 0 Å². The molecule has 0 fully saturated rings. The van der Waals surface area contributed by atoms with Crippen molar-refractivity contribution in [1.29, 1.82) is 0 Å². The Morgan fingerprint density at radius 3 is 2.33 bits per heavy atom. The standard InChI is InChI=1S/C13H20N2O3/c1-5-18-13(8-6-10(16)7-9-13)15-11(17)14-12(2,3)4/h6-9H,5H2,1-4H3,(H2,14,15,17). The van der Waals surface area contributed by atoms with Gasteiger partial charge in [0.2, 0.25) is 0 Å². The predicted octanol–water partition coefficient (Wildman–Crippen LogP) is 1.51. The number of ketones is 1. The van der Waals surface area contributed by atoms with Gasteiger partial charge in [0.15, 0.2) is 11.5 Å². The number of carbonyl (C=O) groups excluding carboxylic acids is 2. The van der Waals surface area contributed by atoms with Crippen LogP contribution in [0.15, 0.2) is 24.3 Å². The second-order valence-corrected chi connectivity index (χ2v) is 5.12. The highest BCUT2D eigenvalue weighted by atomic mass is 16.5. The SMILES string of the molecule is CCOC1(NC(=O)NC(C)(C)C)C=CC(=O)C=C1. The molecular formula is C13H20N2O3. The van der Waals surface area contributed by atoms with Gasteiger partial charge in [-0.05, 0) is 52.0 Å². The number of amides is 2.